The molecule has 3 rings (SSSR count). The van der Waals surface area contributed by atoms with Gasteiger partial charge in [-0.3, -0.25) is 5.41 Å². The van der Waals surface area contributed by atoms with Crippen molar-refractivity contribution in [2.24, 2.45) is 0 Å². The first-order valence-corrected chi connectivity index (χ1v) is 6.80. The molecule has 1 aliphatic rings. The van der Waals surface area contributed by atoms with Gasteiger partial charge >= 0.3 is 0 Å². The van der Waals surface area contributed by atoms with Crippen molar-refractivity contribution in [3.63, 3.8) is 0 Å². The summed E-state index contributed by atoms with van der Waals surface area (Å²) in [6, 6.07) is 15.6. The third-order valence-electron chi connectivity index (χ3n) is 3.54. The summed E-state index contributed by atoms with van der Waals surface area (Å²) in [4.78, 5) is 1.95. The predicted molar refractivity (Wildman–Crippen MR) is 80.0 cm³/mol. The molecule has 0 bridgehead atoms. The summed E-state index contributed by atoms with van der Waals surface area (Å²) < 4.78 is 5.58. The Bertz CT molecular complexity index is 639. The molecule has 1 atom stereocenters. The monoisotopic (exact) mass is 286 g/mol. The van der Waals surface area contributed by atoms with E-state index in [1.54, 1.807) is 7.11 Å². The predicted octanol–water partition coefficient (Wildman–Crippen LogP) is 3.83. The fraction of sp³-hybridized carbons (Fsp3) is 0.188. The van der Waals surface area contributed by atoms with Gasteiger partial charge in [-0.1, -0.05) is 48.0 Å². The summed E-state index contributed by atoms with van der Waals surface area (Å²) >= 11 is 5.91. The van der Waals surface area contributed by atoms with Crippen LogP contribution in [0.5, 0.6) is 0 Å². The first-order chi connectivity index (χ1) is 9.70. The number of nitrogens with zero attached hydrogens (tertiary/aromatic N) is 1. The van der Waals surface area contributed by atoms with Gasteiger partial charge in [0.15, 0.2) is 6.23 Å². The average molecular weight is 287 g/mol. The zero-order valence-corrected chi connectivity index (χ0v) is 11.9. The number of benzene rings is 2. The maximum atomic E-state index is 8.33. The van der Waals surface area contributed by atoms with E-state index in [9.17, 15) is 0 Å². The number of nitrogens with one attached hydrogen (secondary N) is 1. The lowest BCUT2D eigenvalue weighted by atomic mass is 10.1. The van der Waals surface area contributed by atoms with E-state index in [0.717, 1.165) is 21.7 Å². The van der Waals surface area contributed by atoms with Crippen LogP contribution in [0.3, 0.4) is 0 Å². The molecule has 20 heavy (non-hydrogen) atoms. The molecule has 2 aromatic carbocycles. The molecular formula is C16H15ClN2O. The van der Waals surface area contributed by atoms with Gasteiger partial charge in [0.2, 0.25) is 0 Å². The molecule has 102 valence electrons. The van der Waals surface area contributed by atoms with Crippen LogP contribution in [0.25, 0.3) is 0 Å². The molecule has 0 saturated carbocycles. The lowest BCUT2D eigenvalue weighted by Gasteiger charge is -2.25. The molecule has 1 heterocycles. The summed E-state index contributed by atoms with van der Waals surface area (Å²) in [6.45, 7) is 0.628. The van der Waals surface area contributed by atoms with Crippen LogP contribution in [-0.4, -0.2) is 17.8 Å². The highest BCUT2D eigenvalue weighted by atomic mass is 35.5. The van der Waals surface area contributed by atoms with Crippen molar-refractivity contribution in [2.75, 3.05) is 7.11 Å². The van der Waals surface area contributed by atoms with E-state index in [0.29, 0.717) is 12.4 Å². The Balaban J connectivity index is 1.91. The van der Waals surface area contributed by atoms with Crippen molar-refractivity contribution < 1.29 is 4.74 Å². The molecule has 0 aliphatic carbocycles. The van der Waals surface area contributed by atoms with E-state index in [1.807, 2.05) is 53.4 Å². The third kappa shape index (κ3) is 2.19. The molecule has 0 amide bonds. The molecule has 2 aromatic rings. The number of hydrogen-bond acceptors (Lipinski definition) is 2. The number of halogens is 1. The van der Waals surface area contributed by atoms with Gasteiger partial charge in [-0.25, -0.2) is 0 Å². The molecule has 4 heteroatoms. The van der Waals surface area contributed by atoms with Crippen LogP contribution in [0.4, 0.5) is 0 Å². The SMILES string of the molecule is COC1c2ccccc2C(=N)N1Cc1ccc(Cl)cc1. The lowest BCUT2D eigenvalue weighted by Crippen LogP contribution is -2.28. The summed E-state index contributed by atoms with van der Waals surface area (Å²) in [5, 5.41) is 9.05. The second-order valence-electron chi connectivity index (χ2n) is 4.78. The van der Waals surface area contributed by atoms with Gasteiger partial charge in [0.1, 0.15) is 5.84 Å². The van der Waals surface area contributed by atoms with Crippen LogP contribution in [0.1, 0.15) is 22.9 Å². The number of methoxy groups -OCH3 is 1. The molecule has 0 fully saturated rings. The molecule has 0 saturated heterocycles. The van der Waals surface area contributed by atoms with E-state index < -0.39 is 0 Å². The Labute approximate surface area is 123 Å². The third-order valence-corrected chi connectivity index (χ3v) is 3.79. The second-order valence-corrected chi connectivity index (χ2v) is 5.21. The fourth-order valence-corrected chi connectivity index (χ4v) is 2.70. The van der Waals surface area contributed by atoms with E-state index in [4.69, 9.17) is 21.7 Å². The zero-order valence-electron chi connectivity index (χ0n) is 11.1. The zero-order chi connectivity index (χ0) is 14.1. The Kier molecular flexibility index (Phi) is 3.47. The smallest absolute Gasteiger partial charge is 0.158 e. The number of hydrogen-bond donors (Lipinski definition) is 1. The number of fused-ring (bicyclic) bond motifs is 1. The highest BCUT2D eigenvalue weighted by molar-refractivity contribution is 6.30. The average Bonchev–Trinajstić information content (AvgIpc) is 2.74. The number of amidine groups is 1. The largest absolute Gasteiger partial charge is 0.357 e. The molecule has 0 spiro atoms. The lowest BCUT2D eigenvalue weighted by molar-refractivity contribution is 0.00870. The van der Waals surface area contributed by atoms with Crippen LogP contribution in [-0.2, 0) is 11.3 Å². The van der Waals surface area contributed by atoms with Gasteiger partial charge in [-0.05, 0) is 17.7 Å². The number of ether oxygens (including phenoxy) is 1. The normalized spacial score (nSPS) is 17.4. The van der Waals surface area contributed by atoms with Crippen molar-refractivity contribution in [2.45, 2.75) is 12.8 Å². The molecule has 0 radical (unpaired) electrons. The van der Waals surface area contributed by atoms with Gasteiger partial charge in [0.25, 0.3) is 0 Å². The first kappa shape index (κ1) is 13.2. The molecular weight excluding hydrogens is 272 g/mol. The molecule has 1 unspecified atom stereocenters. The Morgan fingerprint density at radius 1 is 1.15 bits per heavy atom. The molecule has 1 N–H and O–H groups in total. The van der Waals surface area contributed by atoms with Crippen molar-refractivity contribution in [1.82, 2.24) is 4.90 Å². The number of rotatable bonds is 3. The highest BCUT2D eigenvalue weighted by Crippen LogP contribution is 2.34. The minimum absolute atomic E-state index is 0.200. The van der Waals surface area contributed by atoms with Crippen molar-refractivity contribution in [3.05, 3.63) is 70.2 Å². The summed E-state index contributed by atoms with van der Waals surface area (Å²) in [5.41, 5.74) is 3.09. The Morgan fingerprint density at radius 3 is 2.55 bits per heavy atom. The van der Waals surface area contributed by atoms with Crippen molar-refractivity contribution in [1.29, 1.82) is 5.41 Å². The quantitative estimate of drug-likeness (QED) is 0.931. The highest BCUT2D eigenvalue weighted by Gasteiger charge is 2.33. The van der Waals surface area contributed by atoms with Crippen LogP contribution >= 0.6 is 11.6 Å². The minimum atomic E-state index is -0.200. The van der Waals surface area contributed by atoms with E-state index >= 15 is 0 Å². The molecule has 0 aromatic heterocycles. The van der Waals surface area contributed by atoms with Crippen molar-refractivity contribution >= 4 is 17.4 Å². The van der Waals surface area contributed by atoms with Crippen LogP contribution in [0, 0.1) is 5.41 Å². The summed E-state index contributed by atoms with van der Waals surface area (Å²) in [7, 11) is 1.68. The van der Waals surface area contributed by atoms with Gasteiger partial charge in [0, 0.05) is 29.8 Å². The maximum absolute atomic E-state index is 8.33. The van der Waals surface area contributed by atoms with E-state index in [2.05, 4.69) is 0 Å². The first-order valence-electron chi connectivity index (χ1n) is 6.42. The topological polar surface area (TPSA) is 36.3 Å². The van der Waals surface area contributed by atoms with Crippen LogP contribution < -0.4 is 0 Å². The van der Waals surface area contributed by atoms with Gasteiger partial charge in [-0.15, -0.1) is 0 Å². The maximum Gasteiger partial charge on any atom is 0.158 e. The van der Waals surface area contributed by atoms with Crippen LogP contribution in [0.15, 0.2) is 48.5 Å². The Morgan fingerprint density at radius 2 is 1.85 bits per heavy atom. The Hall–Kier alpha value is -1.84. The second kappa shape index (κ2) is 5.27. The standard InChI is InChI=1S/C16H15ClN2O/c1-20-16-14-5-3-2-4-13(14)15(18)19(16)10-11-6-8-12(17)9-7-11/h2-9,16,18H,10H2,1H3. The summed E-state index contributed by atoms with van der Waals surface area (Å²) in [5.74, 6) is 0.502. The van der Waals surface area contributed by atoms with Gasteiger partial charge < -0.3 is 9.64 Å². The van der Waals surface area contributed by atoms with E-state index in [-0.39, 0.29) is 6.23 Å². The summed E-state index contributed by atoms with van der Waals surface area (Å²) in [6.07, 6.45) is -0.200. The van der Waals surface area contributed by atoms with Gasteiger partial charge in [-0.2, -0.15) is 0 Å². The molecule has 3 nitrogen and oxygen atoms in total. The molecule has 1 aliphatic heterocycles. The fourth-order valence-electron chi connectivity index (χ4n) is 2.57. The van der Waals surface area contributed by atoms with Crippen molar-refractivity contribution in [3.8, 4) is 0 Å². The van der Waals surface area contributed by atoms with Gasteiger partial charge in [0.05, 0.1) is 0 Å². The van der Waals surface area contributed by atoms with E-state index in [1.165, 1.54) is 0 Å². The minimum Gasteiger partial charge on any atom is -0.357 e. The van der Waals surface area contributed by atoms with Crippen LogP contribution in [0.2, 0.25) is 5.02 Å².